The summed E-state index contributed by atoms with van der Waals surface area (Å²) in [5.41, 5.74) is -0.120. The first-order valence-corrected chi connectivity index (χ1v) is 18.3. The monoisotopic (exact) mass is 752 g/mol. The van der Waals surface area contributed by atoms with Crippen molar-refractivity contribution in [2.24, 2.45) is 4.99 Å². The van der Waals surface area contributed by atoms with Gasteiger partial charge in [-0.25, -0.2) is 23.7 Å². The number of thioether (sulfide) groups is 1. The highest BCUT2D eigenvalue weighted by atomic mass is 35.5. The number of carbonyl (C=O) groups excluding carboxylic acids is 2. The molecule has 0 bridgehead atoms. The number of carbonyl (C=O) groups is 2. The lowest BCUT2D eigenvalue weighted by Gasteiger charge is -2.32. The van der Waals surface area contributed by atoms with E-state index in [9.17, 15) is 23.6 Å². The first kappa shape index (κ1) is 36.5. The van der Waals surface area contributed by atoms with Crippen LogP contribution in [-0.4, -0.2) is 71.5 Å². The van der Waals surface area contributed by atoms with E-state index in [1.165, 1.54) is 19.6 Å². The molecule has 2 aromatic carbocycles. The van der Waals surface area contributed by atoms with E-state index in [0.717, 1.165) is 77.1 Å². The van der Waals surface area contributed by atoms with Crippen LogP contribution in [0.1, 0.15) is 51.9 Å². The molecule has 0 spiro atoms. The average molecular weight is 754 g/mol. The van der Waals surface area contributed by atoms with Gasteiger partial charge >= 0.3 is 22.6 Å². The van der Waals surface area contributed by atoms with Gasteiger partial charge in [0.2, 0.25) is 4.80 Å². The second kappa shape index (κ2) is 16.8. The Bertz CT molecular complexity index is 2000. The number of benzene rings is 2. The van der Waals surface area contributed by atoms with Crippen LogP contribution in [0.4, 0.5) is 14.9 Å². The molecule has 2 aromatic heterocycles. The van der Waals surface area contributed by atoms with Gasteiger partial charge in [-0.3, -0.25) is 14.3 Å². The summed E-state index contributed by atoms with van der Waals surface area (Å²) in [6.45, 7) is 3.77. The summed E-state index contributed by atoms with van der Waals surface area (Å²) in [5.74, 6) is -0.923. The Balaban J connectivity index is 0.000000191. The van der Waals surface area contributed by atoms with Gasteiger partial charge in [0.15, 0.2) is 0 Å². The van der Waals surface area contributed by atoms with Crippen LogP contribution in [0.2, 0.25) is 10.0 Å². The van der Waals surface area contributed by atoms with E-state index >= 15 is 0 Å². The second-order valence-corrected chi connectivity index (χ2v) is 14.0. The molecule has 13 nitrogen and oxygen atoms in total. The van der Waals surface area contributed by atoms with Crippen LogP contribution in [0.5, 0.6) is 0 Å². The Morgan fingerprint density at radius 1 is 1.04 bits per heavy atom. The zero-order valence-electron chi connectivity index (χ0n) is 26.9. The molecule has 18 heteroatoms. The van der Waals surface area contributed by atoms with E-state index in [-0.39, 0.29) is 27.4 Å². The Kier molecular flexibility index (Phi) is 12.5. The van der Waals surface area contributed by atoms with Crippen LogP contribution in [0.25, 0.3) is 5.69 Å². The minimum absolute atomic E-state index is 0.0605. The van der Waals surface area contributed by atoms with Gasteiger partial charge in [0.05, 0.1) is 28.6 Å². The Labute approximate surface area is 298 Å². The van der Waals surface area contributed by atoms with Crippen LogP contribution in [0, 0.1) is 5.82 Å². The van der Waals surface area contributed by atoms with E-state index in [2.05, 4.69) is 20.2 Å². The molecule has 4 aromatic rings. The van der Waals surface area contributed by atoms with Gasteiger partial charge in [0.25, 0.3) is 0 Å². The molecule has 0 radical (unpaired) electrons. The van der Waals surface area contributed by atoms with Crippen LogP contribution < -0.4 is 15.4 Å². The van der Waals surface area contributed by atoms with E-state index in [1.807, 2.05) is 6.92 Å². The van der Waals surface area contributed by atoms with E-state index in [4.69, 9.17) is 23.2 Å². The van der Waals surface area contributed by atoms with Gasteiger partial charge in [-0.05, 0) is 78.6 Å². The van der Waals surface area contributed by atoms with Crippen LogP contribution in [0.15, 0.2) is 55.9 Å². The summed E-state index contributed by atoms with van der Waals surface area (Å²) in [7, 11) is 1.30. The fourth-order valence-electron chi connectivity index (χ4n) is 5.64. The number of rotatable bonds is 7. The molecule has 6 rings (SSSR count). The summed E-state index contributed by atoms with van der Waals surface area (Å²) in [5, 5.41) is 8.15. The van der Waals surface area contributed by atoms with Crippen LogP contribution in [0.3, 0.4) is 0 Å². The summed E-state index contributed by atoms with van der Waals surface area (Å²) in [6.07, 6.45) is 7.24. The van der Waals surface area contributed by atoms with Crippen molar-refractivity contribution in [2.45, 2.75) is 75.9 Å². The highest BCUT2D eigenvalue weighted by molar-refractivity contribution is 8.00. The lowest BCUT2D eigenvalue weighted by atomic mass is 9.94. The van der Waals surface area contributed by atoms with Gasteiger partial charge in [-0.1, -0.05) is 54.6 Å². The fraction of sp³-hybridized carbons (Fsp3) is 0.452. The number of methoxy groups -OCH3 is 1. The number of hydrogen-bond acceptors (Lipinski definition) is 10. The molecule has 0 unspecified atom stereocenters. The van der Waals surface area contributed by atoms with Crippen molar-refractivity contribution in [3.63, 3.8) is 0 Å². The maximum Gasteiger partial charge on any atom is 0.377 e. The SMILES string of the molecule is CCN(C(=O)n1nnn(-c2ccccc2Cl)c1=O)C1CCCCC1.COC(=O)CSc1cc(/N=c2\sc(=O)n3n2CCCC3)c(F)cc1Cl. The standard InChI is InChI=1S/C16H20ClN5O2.C15H15ClFN3O3S2/c1-2-20(12-8-4-3-5-9-12)15(23)22-16(24)21(18-19-22)14-11-7-6-10-13(14)17;1-23-13(21)8-24-12-7-11(10(17)6-9(12)16)18-14-19-4-2-3-5-20(19)15(22)25-14/h6-7,10-12H,2-5,8-9H2,1H3;6-7H,2-5,8H2,1H3/b;18-14-. The number of amides is 1. The first-order chi connectivity index (χ1) is 23.6. The van der Waals surface area contributed by atoms with Gasteiger partial charge in [-0.15, -0.1) is 16.4 Å². The average Bonchev–Trinajstić information content (AvgIpc) is 3.65. The van der Waals surface area contributed by atoms with Crippen molar-refractivity contribution in [2.75, 3.05) is 19.4 Å². The smallest absolute Gasteiger partial charge is 0.377 e. The molecule has 1 aliphatic heterocycles. The molecule has 49 heavy (non-hydrogen) atoms. The number of hydrogen-bond donors (Lipinski definition) is 0. The van der Waals surface area contributed by atoms with Crippen molar-refractivity contribution < 1.29 is 18.7 Å². The van der Waals surface area contributed by atoms with Gasteiger partial charge in [0.1, 0.15) is 11.5 Å². The fourth-order valence-corrected chi connectivity index (χ4v) is 7.84. The number of esters is 1. The minimum Gasteiger partial charge on any atom is -0.468 e. The Hall–Kier alpha value is -3.73. The molecule has 1 fully saturated rings. The Morgan fingerprint density at radius 3 is 2.45 bits per heavy atom. The molecular weight excluding hydrogens is 718 g/mol. The summed E-state index contributed by atoms with van der Waals surface area (Å²) in [6, 6.07) is 9.20. The molecular formula is C31H35Cl2FN8O5S2. The topological polar surface area (TPSA) is 139 Å². The van der Waals surface area contributed by atoms with Gasteiger partial charge < -0.3 is 9.64 Å². The molecule has 0 atom stereocenters. The largest absolute Gasteiger partial charge is 0.468 e. The second-order valence-electron chi connectivity index (χ2n) is 11.2. The van der Waals surface area contributed by atoms with Crippen molar-refractivity contribution in [1.29, 1.82) is 0 Å². The predicted molar refractivity (Wildman–Crippen MR) is 186 cm³/mol. The van der Waals surface area contributed by atoms with Gasteiger partial charge in [-0.2, -0.15) is 4.68 Å². The van der Waals surface area contributed by atoms with Crippen molar-refractivity contribution in [1.82, 2.24) is 34.1 Å². The number of fused-ring (bicyclic) bond motifs is 1. The first-order valence-electron chi connectivity index (χ1n) is 15.8. The minimum atomic E-state index is -0.609. The molecule has 1 amide bonds. The van der Waals surface area contributed by atoms with Crippen molar-refractivity contribution in [3.8, 4) is 5.69 Å². The number of para-hydroxylation sites is 1. The molecule has 0 N–H and O–H groups in total. The van der Waals surface area contributed by atoms with Crippen LogP contribution in [-0.2, 0) is 22.6 Å². The molecule has 1 saturated carbocycles. The van der Waals surface area contributed by atoms with E-state index < -0.39 is 23.5 Å². The third-order valence-electron chi connectivity index (χ3n) is 8.13. The third-order valence-corrected chi connectivity index (χ3v) is 10.8. The van der Waals surface area contributed by atoms with Crippen molar-refractivity contribution in [3.05, 3.63) is 77.2 Å². The number of halogens is 3. The van der Waals surface area contributed by atoms with Crippen molar-refractivity contribution >= 4 is 64.0 Å². The Morgan fingerprint density at radius 2 is 1.76 bits per heavy atom. The molecule has 1 aliphatic carbocycles. The predicted octanol–water partition coefficient (Wildman–Crippen LogP) is 5.50. The molecule has 262 valence electrons. The van der Waals surface area contributed by atoms with E-state index in [1.54, 1.807) is 38.5 Å². The van der Waals surface area contributed by atoms with E-state index in [0.29, 0.717) is 40.0 Å². The van der Waals surface area contributed by atoms with Gasteiger partial charge in [0, 0.05) is 30.6 Å². The summed E-state index contributed by atoms with van der Waals surface area (Å²) in [4.78, 5) is 55.5. The number of aromatic nitrogens is 6. The maximum absolute atomic E-state index is 14.3. The zero-order valence-corrected chi connectivity index (χ0v) is 30.0. The molecule has 3 heterocycles. The molecule has 0 saturated heterocycles. The highest BCUT2D eigenvalue weighted by Crippen LogP contribution is 2.33. The molecule has 2 aliphatic rings. The number of tetrazole rings is 1. The summed E-state index contributed by atoms with van der Waals surface area (Å²) < 4.78 is 24.1. The summed E-state index contributed by atoms with van der Waals surface area (Å²) >= 11 is 14.3. The normalized spacial score (nSPS) is 14.9. The lowest BCUT2D eigenvalue weighted by molar-refractivity contribution is -0.137. The maximum atomic E-state index is 14.3. The highest BCUT2D eigenvalue weighted by Gasteiger charge is 2.28. The lowest BCUT2D eigenvalue weighted by Crippen LogP contribution is -2.46. The third kappa shape index (κ3) is 8.53. The zero-order chi connectivity index (χ0) is 35.1. The van der Waals surface area contributed by atoms with Crippen LogP contribution >= 0.6 is 46.3 Å². The quantitative estimate of drug-likeness (QED) is 0.137. The number of nitrogens with zero attached hydrogens (tertiary/aromatic N) is 8. The number of ether oxygens (including phenoxy) is 1.